The number of nitrogens with two attached hydrogens (primary N) is 1. The van der Waals surface area contributed by atoms with Gasteiger partial charge in [0.25, 0.3) is 11.8 Å². The normalized spacial score (nSPS) is 22.8. The molecule has 16 rings (SSSR count). The number of carbonyl (C=O) groups is 4. The van der Waals surface area contributed by atoms with Crippen LogP contribution in [0.4, 0.5) is 10.5 Å². The second-order valence-electron chi connectivity index (χ2n) is 26.0. The van der Waals surface area contributed by atoms with Gasteiger partial charge in [0, 0.05) is 114 Å². The number of aromatic carboxylic acids is 1. The fourth-order valence-corrected chi connectivity index (χ4v) is 17.4. The van der Waals surface area contributed by atoms with E-state index in [4.69, 9.17) is 15.2 Å². The molecule has 1 fully saturated rings. The molecule has 0 saturated carbocycles. The van der Waals surface area contributed by atoms with E-state index in [1.54, 1.807) is 17.0 Å². The summed E-state index contributed by atoms with van der Waals surface area (Å²) in [5.74, 6) is 0.368. The summed E-state index contributed by atoms with van der Waals surface area (Å²) in [5, 5.41) is 24.9. The number of amides is 4. The Labute approximate surface area is 500 Å². The van der Waals surface area contributed by atoms with Crippen LogP contribution in [0, 0.1) is 0 Å². The number of aromatic nitrogens is 1. The molecular weight excluding hydrogens is 1080 g/mol. The molecule has 0 spiro atoms. The van der Waals surface area contributed by atoms with E-state index in [-0.39, 0.29) is 41.5 Å². The SMILES string of the molecule is CN(C(=O)NCCCCCNC(=O)c1ccc(C(=O)O)c(C2=c3cc4c5c(c3Oc3c2cc2c6c3CCCN6CCCC2)CCC[N+]=5CCCC4)c1)[C@@H]1C[C@@H]2OC(C)(C1N)n1c3ccccc3c3c4c(c5c(c31)CC[C@@H]2c1ccccc1-5)C(=O)NC4. The number of para-hydroxylation sites is 1. The Hall–Kier alpha value is -8.01. The van der Waals surface area contributed by atoms with Crippen LogP contribution in [-0.4, -0.2) is 103 Å². The third-order valence-electron chi connectivity index (χ3n) is 21.3. The number of aryl methyl sites for hydroxylation is 3. The van der Waals surface area contributed by atoms with Crippen LogP contribution in [0.2, 0.25) is 0 Å². The van der Waals surface area contributed by atoms with Crippen molar-refractivity contribution in [3.63, 3.8) is 0 Å². The zero-order valence-electron chi connectivity index (χ0n) is 49.3. The van der Waals surface area contributed by atoms with Gasteiger partial charge in [0.05, 0.1) is 45.9 Å². The Balaban J connectivity index is 0.642. The zero-order chi connectivity index (χ0) is 58.3. The van der Waals surface area contributed by atoms with Gasteiger partial charge in [-0.05, 0) is 167 Å². The molecule has 15 heteroatoms. The first-order chi connectivity index (χ1) is 42.0. The molecule has 1 saturated heterocycles. The topological polar surface area (TPSA) is 184 Å². The Morgan fingerprint density at radius 2 is 1.58 bits per heavy atom. The minimum atomic E-state index is -1.06. The number of anilines is 1. The number of fused-ring (bicyclic) bond motifs is 19. The lowest BCUT2D eigenvalue weighted by atomic mass is 9.79. The fourth-order valence-electron chi connectivity index (χ4n) is 17.4. The van der Waals surface area contributed by atoms with Gasteiger partial charge in [-0.15, -0.1) is 0 Å². The molecule has 2 unspecified atom stereocenters. The molecule has 1 aromatic heterocycles. The lowest BCUT2D eigenvalue weighted by Crippen LogP contribution is -2.67. The van der Waals surface area contributed by atoms with Crippen molar-refractivity contribution in [1.82, 2.24) is 30.0 Å². The van der Waals surface area contributed by atoms with E-state index in [2.05, 4.69) is 97.6 Å². The predicted octanol–water partition coefficient (Wildman–Crippen LogP) is 9.06. The molecule has 9 heterocycles. The number of carboxylic acids is 1. The number of carboxylic acid groups (broad SMARTS) is 1. The van der Waals surface area contributed by atoms with E-state index in [1.165, 1.54) is 33.3 Å². The third kappa shape index (κ3) is 8.08. The number of likely N-dealkylation sites (N-methyl/N-ethyl adjacent to an activating group) is 1. The van der Waals surface area contributed by atoms with Crippen LogP contribution in [-0.2, 0) is 49.1 Å². The fraction of sp³-hybridized carbons (Fsp3) is 0.423. The Bertz CT molecular complexity index is 4260. The van der Waals surface area contributed by atoms with Crippen LogP contribution in [0.25, 0.3) is 38.5 Å². The molecule has 6 aromatic carbocycles. The molecule has 4 bridgehead atoms. The van der Waals surface area contributed by atoms with Crippen molar-refractivity contribution < 1.29 is 33.8 Å². The molecule has 440 valence electrons. The van der Waals surface area contributed by atoms with Crippen LogP contribution in [0.3, 0.4) is 0 Å². The summed E-state index contributed by atoms with van der Waals surface area (Å²) in [6.07, 6.45) is 14.2. The second-order valence-corrected chi connectivity index (χ2v) is 26.0. The van der Waals surface area contributed by atoms with E-state index >= 15 is 0 Å². The highest BCUT2D eigenvalue weighted by atomic mass is 16.5. The summed E-state index contributed by atoms with van der Waals surface area (Å²) < 4.78 is 19.7. The summed E-state index contributed by atoms with van der Waals surface area (Å²) in [4.78, 5) is 60.4. The summed E-state index contributed by atoms with van der Waals surface area (Å²) in [6, 6.07) is 25.4. The van der Waals surface area contributed by atoms with Crippen LogP contribution < -0.4 is 46.5 Å². The maximum Gasteiger partial charge on any atom is 0.336 e. The average molecular weight is 1150 g/mol. The molecule has 8 aliphatic heterocycles. The number of hydrogen-bond donors (Lipinski definition) is 5. The Kier molecular flexibility index (Phi) is 12.8. The monoisotopic (exact) mass is 1150 g/mol. The maximum absolute atomic E-state index is 14.4. The molecule has 15 nitrogen and oxygen atoms in total. The van der Waals surface area contributed by atoms with E-state index in [0.29, 0.717) is 50.0 Å². The van der Waals surface area contributed by atoms with Gasteiger partial charge < -0.3 is 50.6 Å². The number of hydrogen-bond acceptors (Lipinski definition) is 8. The number of benzene rings is 6. The molecule has 0 radical (unpaired) electrons. The van der Waals surface area contributed by atoms with Gasteiger partial charge in [0.2, 0.25) is 5.36 Å². The number of urea groups is 1. The van der Waals surface area contributed by atoms with Gasteiger partial charge in [-0.2, -0.15) is 0 Å². The van der Waals surface area contributed by atoms with Crippen molar-refractivity contribution in [3.05, 3.63) is 156 Å². The summed E-state index contributed by atoms with van der Waals surface area (Å²) >= 11 is 0. The van der Waals surface area contributed by atoms with Gasteiger partial charge in [0.15, 0.2) is 5.72 Å². The van der Waals surface area contributed by atoms with Crippen LogP contribution in [0.15, 0.2) is 78.9 Å². The third-order valence-corrected chi connectivity index (χ3v) is 21.3. The van der Waals surface area contributed by atoms with Crippen LogP contribution in [0.1, 0.15) is 165 Å². The van der Waals surface area contributed by atoms with Crippen molar-refractivity contribution in [3.8, 4) is 22.6 Å². The van der Waals surface area contributed by atoms with Gasteiger partial charge in [0.1, 0.15) is 24.6 Å². The highest BCUT2D eigenvalue weighted by molar-refractivity contribution is 6.19. The number of rotatable bonds is 10. The first-order valence-electron chi connectivity index (χ1n) is 32.0. The van der Waals surface area contributed by atoms with Gasteiger partial charge in [-0.3, -0.25) is 9.59 Å². The quantitative estimate of drug-likeness (QED) is 0.0659. The van der Waals surface area contributed by atoms with E-state index in [1.807, 2.05) is 13.1 Å². The number of nitrogens with one attached hydrogen (secondary N) is 3. The number of ether oxygens (including phenoxy) is 2. The van der Waals surface area contributed by atoms with Gasteiger partial charge >= 0.3 is 12.0 Å². The largest absolute Gasteiger partial charge is 0.478 e. The lowest BCUT2D eigenvalue weighted by Gasteiger charge is -2.52. The van der Waals surface area contributed by atoms with E-state index < -0.39 is 17.7 Å². The van der Waals surface area contributed by atoms with Crippen molar-refractivity contribution in [2.75, 3.05) is 51.2 Å². The predicted molar refractivity (Wildman–Crippen MR) is 332 cm³/mol. The standard InChI is InChI=1S/C71H74N8O7/c1-71-66(72)55(37-56(86-71)43-26-27-47-58(44-19-5-4-18-42(43)44)60-53(38-75-68(60)81)59-46-20-6-7-23-54(46)79(71)63(47)59)76(2)70(84)74-29-11-3-10-28-73-67(80)41-24-25-45(69(82)83)50(36-41)57-51-34-39-16-8-12-30-77-32-14-21-48(61(39)77)64(51)85-65-49-22-15-33-78-31-13-9-17-40(62(49)78)35-52(57)65/h4-7,18-20,23-25,34-36,43,55-56,66H,3,8-17,21-22,26-33,37-38,72H2,1-2H3,(H3-,73,74,75,80,81,82,83,84)/p+1/t43-,55-,56+,66?,71?/m1/s1. The van der Waals surface area contributed by atoms with Crippen molar-refractivity contribution in [1.29, 1.82) is 0 Å². The molecular formula is C71H75N8O7+. The number of unbranched alkanes of at least 4 members (excludes halogenated alkanes) is 2. The van der Waals surface area contributed by atoms with Crippen LogP contribution >= 0.6 is 0 Å². The summed E-state index contributed by atoms with van der Waals surface area (Å²) in [5.41, 5.74) is 24.0. The molecule has 4 amide bonds. The van der Waals surface area contributed by atoms with E-state index in [0.717, 1.165) is 193 Å². The summed E-state index contributed by atoms with van der Waals surface area (Å²) in [7, 11) is 1.86. The van der Waals surface area contributed by atoms with Crippen molar-refractivity contribution in [2.24, 2.45) is 5.73 Å². The maximum atomic E-state index is 14.4. The number of nitrogens with zero attached hydrogens (tertiary/aromatic N) is 4. The molecule has 6 N–H and O–H groups in total. The minimum absolute atomic E-state index is 0.00903. The lowest BCUT2D eigenvalue weighted by molar-refractivity contribution is -0.197. The van der Waals surface area contributed by atoms with Crippen molar-refractivity contribution in [2.45, 2.75) is 146 Å². The molecule has 5 atom stereocenters. The first kappa shape index (κ1) is 53.5. The highest BCUT2D eigenvalue weighted by Crippen LogP contribution is 2.55. The molecule has 1 aliphatic carbocycles. The average Bonchev–Trinajstić information content (AvgIpc) is 1.51. The second kappa shape index (κ2) is 20.6. The van der Waals surface area contributed by atoms with E-state index in [9.17, 15) is 24.3 Å². The van der Waals surface area contributed by atoms with Gasteiger partial charge in [-0.25, -0.2) is 14.2 Å². The molecule has 86 heavy (non-hydrogen) atoms. The van der Waals surface area contributed by atoms with Crippen molar-refractivity contribution >= 4 is 56.9 Å². The Morgan fingerprint density at radius 3 is 2.47 bits per heavy atom. The Morgan fingerprint density at radius 1 is 0.791 bits per heavy atom. The highest BCUT2D eigenvalue weighted by Gasteiger charge is 2.54. The summed E-state index contributed by atoms with van der Waals surface area (Å²) in [6.45, 7) is 7.51. The first-order valence-corrected chi connectivity index (χ1v) is 32.0. The number of carbonyl (C=O) groups excluding carboxylic acids is 3. The smallest absolute Gasteiger partial charge is 0.336 e. The zero-order valence-corrected chi connectivity index (χ0v) is 49.3. The minimum Gasteiger partial charge on any atom is -0.478 e. The molecule has 7 aromatic rings. The van der Waals surface area contributed by atoms with Gasteiger partial charge in [-0.1, -0.05) is 42.5 Å². The molecule has 9 aliphatic rings. The van der Waals surface area contributed by atoms with Crippen LogP contribution in [0.5, 0.6) is 11.5 Å².